The standard InChI is InChI=1S/C18H26N2O3/c1-18(2,3)12-16(22)19-13-8-10-20(11-9-13)17(23)14-6-4-5-7-15(14)21/h4-7,13,21H,8-12H2,1-3H3,(H,19,22). The minimum atomic E-state index is -0.150. The zero-order chi connectivity index (χ0) is 17.0. The number of amides is 2. The Hall–Kier alpha value is -2.04. The molecule has 1 saturated heterocycles. The number of piperidine rings is 1. The van der Waals surface area contributed by atoms with E-state index in [1.54, 1.807) is 23.1 Å². The maximum atomic E-state index is 12.4. The van der Waals surface area contributed by atoms with Crippen molar-refractivity contribution in [1.29, 1.82) is 0 Å². The van der Waals surface area contributed by atoms with Crippen LogP contribution in [-0.4, -0.2) is 41.0 Å². The van der Waals surface area contributed by atoms with Crippen LogP contribution in [0.4, 0.5) is 0 Å². The van der Waals surface area contributed by atoms with Gasteiger partial charge in [0.2, 0.25) is 5.91 Å². The lowest BCUT2D eigenvalue weighted by Gasteiger charge is -2.33. The lowest BCUT2D eigenvalue weighted by atomic mass is 9.91. The molecule has 0 aliphatic carbocycles. The molecule has 0 bridgehead atoms. The molecule has 0 radical (unpaired) electrons. The number of carbonyl (C=O) groups excluding carboxylic acids is 2. The van der Waals surface area contributed by atoms with Crippen molar-refractivity contribution in [3.63, 3.8) is 0 Å². The Morgan fingerprint density at radius 1 is 1.22 bits per heavy atom. The van der Waals surface area contributed by atoms with Gasteiger partial charge in [-0.05, 0) is 30.4 Å². The Morgan fingerprint density at radius 2 is 1.83 bits per heavy atom. The smallest absolute Gasteiger partial charge is 0.257 e. The summed E-state index contributed by atoms with van der Waals surface area (Å²) in [6.07, 6.45) is 1.99. The number of hydrogen-bond acceptors (Lipinski definition) is 3. The third kappa shape index (κ3) is 4.98. The van der Waals surface area contributed by atoms with Crippen LogP contribution in [0.1, 0.15) is 50.4 Å². The highest BCUT2D eigenvalue weighted by molar-refractivity contribution is 5.96. The van der Waals surface area contributed by atoms with Gasteiger partial charge in [0.05, 0.1) is 5.56 Å². The number of likely N-dealkylation sites (tertiary alicyclic amines) is 1. The van der Waals surface area contributed by atoms with Crippen LogP contribution in [0.3, 0.4) is 0 Å². The monoisotopic (exact) mass is 318 g/mol. The fraction of sp³-hybridized carbons (Fsp3) is 0.556. The maximum absolute atomic E-state index is 12.4. The van der Waals surface area contributed by atoms with Gasteiger partial charge >= 0.3 is 0 Å². The zero-order valence-corrected chi connectivity index (χ0v) is 14.1. The number of nitrogens with one attached hydrogen (secondary N) is 1. The van der Waals surface area contributed by atoms with Crippen molar-refractivity contribution in [1.82, 2.24) is 10.2 Å². The third-order valence-corrected chi connectivity index (χ3v) is 3.97. The minimum Gasteiger partial charge on any atom is -0.507 e. The van der Waals surface area contributed by atoms with Gasteiger partial charge in [-0.1, -0.05) is 32.9 Å². The van der Waals surface area contributed by atoms with Gasteiger partial charge < -0.3 is 15.3 Å². The topological polar surface area (TPSA) is 69.6 Å². The fourth-order valence-electron chi connectivity index (χ4n) is 2.81. The predicted octanol–water partition coefficient (Wildman–Crippen LogP) is 2.55. The number of carbonyl (C=O) groups is 2. The van der Waals surface area contributed by atoms with E-state index >= 15 is 0 Å². The van der Waals surface area contributed by atoms with Crippen molar-refractivity contribution in [2.75, 3.05) is 13.1 Å². The maximum Gasteiger partial charge on any atom is 0.257 e. The summed E-state index contributed by atoms with van der Waals surface area (Å²) in [6.45, 7) is 7.31. The SMILES string of the molecule is CC(C)(C)CC(=O)NC1CCN(C(=O)c2ccccc2O)CC1. The van der Waals surface area contributed by atoms with E-state index in [1.165, 1.54) is 6.07 Å². The normalized spacial score (nSPS) is 16.2. The Bertz CT molecular complexity index is 570. The van der Waals surface area contributed by atoms with Crippen molar-refractivity contribution in [3.8, 4) is 5.75 Å². The molecule has 0 spiro atoms. The quantitative estimate of drug-likeness (QED) is 0.900. The molecule has 1 aliphatic heterocycles. The van der Waals surface area contributed by atoms with Crippen LogP contribution < -0.4 is 5.32 Å². The molecule has 5 nitrogen and oxygen atoms in total. The molecule has 2 N–H and O–H groups in total. The van der Waals surface area contributed by atoms with Crippen molar-refractivity contribution >= 4 is 11.8 Å². The van der Waals surface area contributed by atoms with Crippen LogP contribution in [0.5, 0.6) is 5.75 Å². The minimum absolute atomic E-state index is 0.0121. The second kappa shape index (κ2) is 7.02. The highest BCUT2D eigenvalue weighted by atomic mass is 16.3. The van der Waals surface area contributed by atoms with E-state index in [2.05, 4.69) is 5.32 Å². The molecular formula is C18H26N2O3. The molecule has 1 aliphatic rings. The Balaban J connectivity index is 1.85. The van der Waals surface area contributed by atoms with Crippen molar-refractivity contribution in [2.24, 2.45) is 5.41 Å². The predicted molar refractivity (Wildman–Crippen MR) is 89.2 cm³/mol. The van der Waals surface area contributed by atoms with Gasteiger partial charge in [-0.15, -0.1) is 0 Å². The number of hydrogen-bond donors (Lipinski definition) is 2. The molecule has 126 valence electrons. The van der Waals surface area contributed by atoms with E-state index in [1.807, 2.05) is 20.8 Å². The van der Waals surface area contributed by atoms with Crippen molar-refractivity contribution in [3.05, 3.63) is 29.8 Å². The molecule has 1 aromatic rings. The first kappa shape index (κ1) is 17.3. The number of rotatable bonds is 3. The van der Waals surface area contributed by atoms with E-state index in [-0.39, 0.29) is 29.0 Å². The number of phenols is 1. The highest BCUT2D eigenvalue weighted by Crippen LogP contribution is 2.21. The van der Waals surface area contributed by atoms with E-state index in [0.29, 0.717) is 25.1 Å². The number of para-hydroxylation sites is 1. The van der Waals surface area contributed by atoms with Crippen LogP contribution in [0.25, 0.3) is 0 Å². The summed E-state index contributed by atoms with van der Waals surface area (Å²) in [5.74, 6) is -0.0661. The molecule has 23 heavy (non-hydrogen) atoms. The highest BCUT2D eigenvalue weighted by Gasteiger charge is 2.26. The fourth-order valence-corrected chi connectivity index (χ4v) is 2.81. The lowest BCUT2D eigenvalue weighted by Crippen LogP contribution is -2.47. The van der Waals surface area contributed by atoms with Gasteiger partial charge in [0, 0.05) is 25.6 Å². The van der Waals surface area contributed by atoms with Crippen LogP contribution >= 0.6 is 0 Å². The van der Waals surface area contributed by atoms with Gasteiger partial charge in [-0.25, -0.2) is 0 Å². The zero-order valence-electron chi connectivity index (χ0n) is 14.1. The first-order valence-electron chi connectivity index (χ1n) is 8.13. The number of aromatic hydroxyl groups is 1. The molecule has 0 atom stereocenters. The average molecular weight is 318 g/mol. The molecule has 2 amide bonds. The largest absolute Gasteiger partial charge is 0.507 e. The molecule has 0 unspecified atom stereocenters. The van der Waals surface area contributed by atoms with Crippen LogP contribution in [0, 0.1) is 5.41 Å². The molecule has 0 saturated carbocycles. The lowest BCUT2D eigenvalue weighted by molar-refractivity contribution is -0.123. The second-order valence-corrected chi connectivity index (χ2v) is 7.39. The van der Waals surface area contributed by atoms with Gasteiger partial charge in [0.25, 0.3) is 5.91 Å². The molecule has 1 heterocycles. The van der Waals surface area contributed by atoms with Crippen LogP contribution in [0.15, 0.2) is 24.3 Å². The van der Waals surface area contributed by atoms with Crippen molar-refractivity contribution < 1.29 is 14.7 Å². The summed E-state index contributed by atoms with van der Waals surface area (Å²) in [5, 5.41) is 12.8. The van der Waals surface area contributed by atoms with E-state index < -0.39 is 0 Å². The van der Waals surface area contributed by atoms with Crippen molar-refractivity contribution in [2.45, 2.75) is 46.1 Å². The van der Waals surface area contributed by atoms with Crippen LogP contribution in [-0.2, 0) is 4.79 Å². The first-order valence-corrected chi connectivity index (χ1v) is 8.13. The number of phenolic OH excluding ortho intramolecular Hbond substituents is 1. The summed E-state index contributed by atoms with van der Waals surface area (Å²) >= 11 is 0. The molecule has 2 rings (SSSR count). The first-order chi connectivity index (χ1) is 10.8. The molecular weight excluding hydrogens is 292 g/mol. The summed E-state index contributed by atoms with van der Waals surface area (Å²) < 4.78 is 0. The Kier molecular flexibility index (Phi) is 5.29. The van der Waals surface area contributed by atoms with E-state index in [4.69, 9.17) is 0 Å². The molecule has 5 heteroatoms. The summed E-state index contributed by atoms with van der Waals surface area (Å²) in [6, 6.07) is 6.72. The summed E-state index contributed by atoms with van der Waals surface area (Å²) in [7, 11) is 0. The molecule has 0 aromatic heterocycles. The summed E-state index contributed by atoms with van der Waals surface area (Å²) in [4.78, 5) is 26.1. The Labute approximate surface area is 137 Å². The van der Waals surface area contributed by atoms with Gasteiger partial charge in [0.15, 0.2) is 0 Å². The number of nitrogens with zero attached hydrogens (tertiary/aromatic N) is 1. The van der Waals surface area contributed by atoms with Gasteiger partial charge in [-0.2, -0.15) is 0 Å². The second-order valence-electron chi connectivity index (χ2n) is 7.39. The van der Waals surface area contributed by atoms with Crippen LogP contribution in [0.2, 0.25) is 0 Å². The number of benzene rings is 1. The van der Waals surface area contributed by atoms with E-state index in [0.717, 1.165) is 12.8 Å². The van der Waals surface area contributed by atoms with E-state index in [9.17, 15) is 14.7 Å². The molecule has 1 aromatic carbocycles. The average Bonchev–Trinajstić information content (AvgIpc) is 2.46. The molecule has 1 fully saturated rings. The van der Waals surface area contributed by atoms with Gasteiger partial charge in [-0.3, -0.25) is 9.59 Å². The Morgan fingerprint density at radius 3 is 2.39 bits per heavy atom. The van der Waals surface area contributed by atoms with Gasteiger partial charge in [0.1, 0.15) is 5.75 Å². The summed E-state index contributed by atoms with van der Waals surface area (Å²) in [5.41, 5.74) is 0.314. The third-order valence-electron chi connectivity index (χ3n) is 3.97.